The maximum absolute atomic E-state index is 12.7. The number of rotatable bonds is 8. The van der Waals surface area contributed by atoms with E-state index in [2.05, 4.69) is 25.1 Å². The summed E-state index contributed by atoms with van der Waals surface area (Å²) in [6.07, 6.45) is 5.34. The fourth-order valence-electron chi connectivity index (χ4n) is 2.79. The van der Waals surface area contributed by atoms with Crippen molar-refractivity contribution in [2.45, 2.75) is 31.7 Å². The largest absolute Gasteiger partial charge is 0.330 e. The number of halogens is 3. The molecule has 4 N–H and O–H groups in total. The quantitative estimate of drug-likeness (QED) is 0.637. The first kappa shape index (κ1) is 27.4. The van der Waals surface area contributed by atoms with Gasteiger partial charge in [0.05, 0.1) is 11.6 Å². The molecule has 1 aromatic carbocycles. The van der Waals surface area contributed by atoms with Gasteiger partial charge in [0.2, 0.25) is 5.91 Å². The average molecular weight is 426 g/mol. The molecule has 1 heterocycles. The van der Waals surface area contributed by atoms with E-state index in [0.717, 1.165) is 36.7 Å². The number of likely N-dealkylation sites (N-methyl/N-ethyl adjacent to an activating group) is 1. The second kappa shape index (κ2) is 13.4. The molecule has 2 aromatic rings. The summed E-state index contributed by atoms with van der Waals surface area (Å²) in [5.41, 5.74) is 13.7. The van der Waals surface area contributed by atoms with Crippen LogP contribution >= 0.6 is 37.2 Å². The first-order valence-electron chi connectivity index (χ1n) is 8.28. The fourth-order valence-corrected chi connectivity index (χ4v) is 2.79. The molecule has 0 saturated heterocycles. The van der Waals surface area contributed by atoms with E-state index in [4.69, 9.17) is 11.5 Å². The minimum atomic E-state index is -0.473. The number of nitrogens with two attached hydrogens (primary N) is 2. The van der Waals surface area contributed by atoms with Crippen LogP contribution in [0.2, 0.25) is 0 Å². The molecule has 8 heteroatoms. The molecule has 150 valence electrons. The average Bonchev–Trinajstić information content (AvgIpc) is 2.91. The number of unbranched alkanes of at least 4 members (excludes halogenated alkanes) is 1. The van der Waals surface area contributed by atoms with Crippen molar-refractivity contribution in [1.82, 2.24) is 9.47 Å². The Balaban J connectivity index is 0. The van der Waals surface area contributed by atoms with E-state index in [-0.39, 0.29) is 43.1 Å². The summed E-state index contributed by atoms with van der Waals surface area (Å²) >= 11 is 0. The Morgan fingerprint density at radius 1 is 1.15 bits per heavy atom. The summed E-state index contributed by atoms with van der Waals surface area (Å²) in [5, 5.41) is 1.14. The van der Waals surface area contributed by atoms with E-state index in [0.29, 0.717) is 13.0 Å². The fraction of sp³-hybridized carbons (Fsp3) is 0.500. The number of benzene rings is 1. The van der Waals surface area contributed by atoms with Gasteiger partial charge in [0.25, 0.3) is 0 Å². The van der Waals surface area contributed by atoms with Crippen molar-refractivity contribution >= 4 is 54.0 Å². The lowest BCUT2D eigenvalue weighted by molar-refractivity contribution is 0.0879. The summed E-state index contributed by atoms with van der Waals surface area (Å²) < 4.78 is 1.73. The molecule has 0 spiro atoms. The molecule has 0 fully saturated rings. The number of nitrogens with zero attached hydrogens (tertiary/aromatic N) is 2. The van der Waals surface area contributed by atoms with E-state index in [1.807, 2.05) is 24.4 Å². The molecule has 5 nitrogen and oxygen atoms in total. The van der Waals surface area contributed by atoms with Crippen molar-refractivity contribution in [3.8, 4) is 0 Å². The third-order valence-electron chi connectivity index (χ3n) is 4.15. The molecule has 0 amide bonds. The van der Waals surface area contributed by atoms with Gasteiger partial charge in [-0.15, -0.1) is 37.2 Å². The standard InChI is InChI=1S/C18H28N4O.3ClH/c1-21(2)12-10-14-13-22(17-9-4-3-7-15(14)17)18(23)16(20)8-5-6-11-19;;;/h3-4,7,9,13,16H,5-6,8,10-12,19-20H2,1-2H3;3*1H/t16-;;;/m0.../s1. The summed E-state index contributed by atoms with van der Waals surface area (Å²) in [6, 6.07) is 7.56. The van der Waals surface area contributed by atoms with Gasteiger partial charge in [-0.1, -0.05) is 24.6 Å². The molecule has 0 unspecified atom stereocenters. The predicted octanol–water partition coefficient (Wildman–Crippen LogP) is 3.11. The minimum absolute atomic E-state index is 0. The molecular formula is C18H31Cl3N4O. The first-order chi connectivity index (χ1) is 11.0. The SMILES string of the molecule is CN(C)CCc1cn(C(=O)[C@@H](N)CCCCN)c2ccccc12.Cl.Cl.Cl. The van der Waals surface area contributed by atoms with E-state index >= 15 is 0 Å². The van der Waals surface area contributed by atoms with Crippen LogP contribution in [0, 0.1) is 0 Å². The Morgan fingerprint density at radius 2 is 1.81 bits per heavy atom. The number of hydrogen-bond acceptors (Lipinski definition) is 4. The molecule has 2 rings (SSSR count). The molecule has 0 aliphatic heterocycles. The van der Waals surface area contributed by atoms with Crippen molar-refractivity contribution in [2.24, 2.45) is 11.5 Å². The summed E-state index contributed by atoms with van der Waals surface area (Å²) in [6.45, 7) is 1.59. The molecule has 0 bridgehead atoms. The number of carbonyl (C=O) groups is 1. The maximum atomic E-state index is 12.7. The van der Waals surface area contributed by atoms with Gasteiger partial charge >= 0.3 is 0 Å². The molecule has 1 atom stereocenters. The van der Waals surface area contributed by atoms with Crippen LogP contribution in [0.25, 0.3) is 10.9 Å². The van der Waals surface area contributed by atoms with Crippen molar-refractivity contribution in [1.29, 1.82) is 0 Å². The summed E-state index contributed by atoms with van der Waals surface area (Å²) in [7, 11) is 4.11. The van der Waals surface area contributed by atoms with E-state index in [9.17, 15) is 4.79 Å². The third kappa shape index (κ3) is 7.06. The van der Waals surface area contributed by atoms with Gasteiger partial charge in [-0.3, -0.25) is 9.36 Å². The molecule has 0 aliphatic rings. The minimum Gasteiger partial charge on any atom is -0.330 e. The van der Waals surface area contributed by atoms with Gasteiger partial charge in [0.1, 0.15) is 0 Å². The third-order valence-corrected chi connectivity index (χ3v) is 4.15. The zero-order valence-electron chi connectivity index (χ0n) is 15.4. The smallest absolute Gasteiger partial charge is 0.247 e. The second-order valence-corrected chi connectivity index (χ2v) is 6.32. The van der Waals surface area contributed by atoms with Gasteiger partial charge in [0.15, 0.2) is 0 Å². The van der Waals surface area contributed by atoms with Crippen LogP contribution < -0.4 is 11.5 Å². The molecule has 0 saturated carbocycles. The number of hydrogen-bond donors (Lipinski definition) is 2. The van der Waals surface area contributed by atoms with Crippen LogP contribution in [0.15, 0.2) is 30.5 Å². The molecular weight excluding hydrogens is 395 g/mol. The molecule has 0 radical (unpaired) electrons. The van der Waals surface area contributed by atoms with Crippen LogP contribution in [0.1, 0.15) is 29.6 Å². The zero-order chi connectivity index (χ0) is 16.8. The van der Waals surface area contributed by atoms with Crippen molar-refractivity contribution in [3.63, 3.8) is 0 Å². The van der Waals surface area contributed by atoms with Crippen molar-refractivity contribution < 1.29 is 4.79 Å². The van der Waals surface area contributed by atoms with E-state index in [1.54, 1.807) is 4.57 Å². The van der Waals surface area contributed by atoms with Gasteiger partial charge in [-0.05, 0) is 51.5 Å². The monoisotopic (exact) mass is 424 g/mol. The highest BCUT2D eigenvalue weighted by molar-refractivity contribution is 5.96. The lowest BCUT2D eigenvalue weighted by Gasteiger charge is -2.11. The van der Waals surface area contributed by atoms with Gasteiger partial charge < -0.3 is 16.4 Å². The van der Waals surface area contributed by atoms with Gasteiger partial charge in [0, 0.05) is 18.1 Å². The Labute approximate surface area is 174 Å². The topological polar surface area (TPSA) is 77.3 Å². The normalized spacial score (nSPS) is 11.4. The van der Waals surface area contributed by atoms with E-state index < -0.39 is 6.04 Å². The maximum Gasteiger partial charge on any atom is 0.247 e. The summed E-state index contributed by atoms with van der Waals surface area (Å²) in [5.74, 6) is -0.0330. The van der Waals surface area contributed by atoms with Crippen molar-refractivity contribution in [2.75, 3.05) is 27.2 Å². The first-order valence-corrected chi connectivity index (χ1v) is 8.28. The highest BCUT2D eigenvalue weighted by atomic mass is 35.5. The summed E-state index contributed by atoms with van der Waals surface area (Å²) in [4.78, 5) is 14.8. The number of carbonyl (C=O) groups excluding carboxylic acids is 1. The van der Waals surface area contributed by atoms with Crippen molar-refractivity contribution in [3.05, 3.63) is 36.0 Å². The van der Waals surface area contributed by atoms with Gasteiger partial charge in [-0.2, -0.15) is 0 Å². The van der Waals surface area contributed by atoms with Crippen LogP contribution in [-0.2, 0) is 6.42 Å². The highest BCUT2D eigenvalue weighted by Gasteiger charge is 2.19. The Bertz CT molecular complexity index is 661. The van der Waals surface area contributed by atoms with Crippen LogP contribution in [-0.4, -0.2) is 48.6 Å². The Morgan fingerprint density at radius 3 is 2.42 bits per heavy atom. The van der Waals surface area contributed by atoms with Crippen LogP contribution in [0.3, 0.4) is 0 Å². The predicted molar refractivity (Wildman–Crippen MR) is 117 cm³/mol. The number of aromatic nitrogens is 1. The lowest BCUT2D eigenvalue weighted by atomic mass is 10.1. The molecule has 26 heavy (non-hydrogen) atoms. The molecule has 1 aromatic heterocycles. The number of fused-ring (bicyclic) bond motifs is 1. The second-order valence-electron chi connectivity index (χ2n) is 6.32. The molecule has 0 aliphatic carbocycles. The Kier molecular flexibility index (Phi) is 14.1. The van der Waals surface area contributed by atoms with Crippen LogP contribution in [0.5, 0.6) is 0 Å². The zero-order valence-corrected chi connectivity index (χ0v) is 17.8. The van der Waals surface area contributed by atoms with E-state index in [1.165, 1.54) is 5.56 Å². The highest BCUT2D eigenvalue weighted by Crippen LogP contribution is 2.22. The number of para-hydroxylation sites is 1. The van der Waals surface area contributed by atoms with Crippen LogP contribution in [0.4, 0.5) is 0 Å². The van der Waals surface area contributed by atoms with Gasteiger partial charge in [-0.25, -0.2) is 0 Å². The Hall–Kier alpha value is -0.820. The lowest BCUT2D eigenvalue weighted by Crippen LogP contribution is -2.34.